The Labute approximate surface area is 175 Å². The summed E-state index contributed by atoms with van der Waals surface area (Å²) in [6.45, 7) is 0. The lowest BCUT2D eigenvalue weighted by molar-refractivity contribution is 0.631. The minimum Gasteiger partial charge on any atom is -0.264 e. The van der Waals surface area contributed by atoms with Gasteiger partial charge < -0.3 is 0 Å². The zero-order valence-electron chi connectivity index (χ0n) is 14.9. The second kappa shape index (κ2) is 7.07. The molecule has 0 amide bonds. The lowest BCUT2D eigenvalue weighted by atomic mass is 9.95. The molecule has 29 heavy (non-hydrogen) atoms. The minimum atomic E-state index is -0.395. The molecule has 0 saturated heterocycles. The molecule has 3 heterocycles. The smallest absolute Gasteiger partial charge is 0.160 e. The number of hydrogen-bond acceptors (Lipinski definition) is 3. The van der Waals surface area contributed by atoms with Crippen molar-refractivity contribution in [3.05, 3.63) is 89.1 Å². The third kappa shape index (κ3) is 3.11. The molecule has 140 valence electrons. The molecule has 0 aliphatic heterocycles. The van der Waals surface area contributed by atoms with Gasteiger partial charge in [-0.05, 0) is 65.0 Å². The van der Waals surface area contributed by atoms with E-state index in [-0.39, 0.29) is 0 Å². The first-order chi connectivity index (χ1) is 14.1. The van der Waals surface area contributed by atoms with Crippen molar-refractivity contribution < 1.29 is 4.39 Å². The minimum absolute atomic E-state index is 0.325. The Hall–Kier alpha value is -3.08. The summed E-state index contributed by atoms with van der Waals surface area (Å²) in [6, 6.07) is 15.8. The fraction of sp³-hybridized carbons (Fsp3) is 0. The maximum atomic E-state index is 14.6. The maximum Gasteiger partial charge on any atom is 0.160 e. The van der Waals surface area contributed by atoms with Gasteiger partial charge in [-0.15, -0.1) is 0 Å². The Kier molecular flexibility index (Phi) is 4.38. The van der Waals surface area contributed by atoms with Crippen LogP contribution in [0.25, 0.3) is 44.2 Å². The van der Waals surface area contributed by atoms with Gasteiger partial charge in [-0.1, -0.05) is 29.3 Å². The van der Waals surface area contributed by atoms with Crippen LogP contribution >= 0.6 is 23.2 Å². The monoisotopic (exact) mass is 419 g/mol. The molecule has 0 atom stereocenters. The Morgan fingerprint density at radius 3 is 2.55 bits per heavy atom. The van der Waals surface area contributed by atoms with Crippen LogP contribution in [0.4, 0.5) is 4.39 Å². The maximum absolute atomic E-state index is 14.6. The first-order valence-corrected chi connectivity index (χ1v) is 9.61. The predicted octanol–water partition coefficient (Wildman–Crippen LogP) is 6.96. The molecule has 0 aliphatic carbocycles. The van der Waals surface area contributed by atoms with E-state index in [2.05, 4.69) is 15.0 Å². The van der Waals surface area contributed by atoms with Gasteiger partial charge in [0, 0.05) is 45.0 Å². The highest BCUT2D eigenvalue weighted by atomic mass is 35.5. The molecule has 0 aliphatic rings. The van der Waals surface area contributed by atoms with Crippen LogP contribution in [0.1, 0.15) is 0 Å². The Bertz CT molecular complexity index is 1400. The summed E-state index contributed by atoms with van der Waals surface area (Å²) in [5.74, 6) is -0.395. The van der Waals surface area contributed by atoms with Crippen molar-refractivity contribution in [3.8, 4) is 22.4 Å². The van der Waals surface area contributed by atoms with Crippen LogP contribution in [-0.4, -0.2) is 15.0 Å². The predicted molar refractivity (Wildman–Crippen MR) is 116 cm³/mol. The highest BCUT2D eigenvalue weighted by Gasteiger charge is 2.15. The summed E-state index contributed by atoms with van der Waals surface area (Å²) in [7, 11) is 0. The van der Waals surface area contributed by atoms with Crippen LogP contribution in [0.15, 0.2) is 73.2 Å². The molecular weight excluding hydrogens is 408 g/mol. The summed E-state index contributed by atoms with van der Waals surface area (Å²) in [5, 5.41) is 3.71. The SMILES string of the molecule is Fc1ccc(Cl)cc1-c1cc(-c2ccc(Cl)c3cnccc23)c2cccnc2n1. The van der Waals surface area contributed by atoms with Crippen LogP contribution in [-0.2, 0) is 0 Å². The quantitative estimate of drug-likeness (QED) is 0.310. The molecule has 5 aromatic rings. The third-order valence-corrected chi connectivity index (χ3v) is 5.41. The Morgan fingerprint density at radius 1 is 0.759 bits per heavy atom. The van der Waals surface area contributed by atoms with Crippen LogP contribution in [0.5, 0.6) is 0 Å². The summed E-state index contributed by atoms with van der Waals surface area (Å²) >= 11 is 12.5. The van der Waals surface area contributed by atoms with E-state index in [1.54, 1.807) is 24.7 Å². The first-order valence-electron chi connectivity index (χ1n) is 8.85. The van der Waals surface area contributed by atoms with E-state index in [4.69, 9.17) is 23.2 Å². The second-order valence-electron chi connectivity index (χ2n) is 6.57. The molecule has 0 N–H and O–H groups in total. The summed E-state index contributed by atoms with van der Waals surface area (Å²) in [6.07, 6.45) is 5.13. The van der Waals surface area contributed by atoms with E-state index < -0.39 is 5.82 Å². The average molecular weight is 420 g/mol. The van der Waals surface area contributed by atoms with Crippen LogP contribution in [0.3, 0.4) is 0 Å². The van der Waals surface area contributed by atoms with E-state index in [9.17, 15) is 4.39 Å². The fourth-order valence-corrected chi connectivity index (χ4v) is 3.89. The number of benzene rings is 2. The molecule has 0 fully saturated rings. The van der Waals surface area contributed by atoms with Crippen molar-refractivity contribution in [2.45, 2.75) is 0 Å². The van der Waals surface area contributed by atoms with Gasteiger partial charge in [0.1, 0.15) is 5.82 Å². The van der Waals surface area contributed by atoms with E-state index >= 15 is 0 Å². The highest BCUT2D eigenvalue weighted by Crippen LogP contribution is 2.38. The lowest BCUT2D eigenvalue weighted by Gasteiger charge is -2.13. The van der Waals surface area contributed by atoms with Crippen LogP contribution in [0.2, 0.25) is 10.0 Å². The van der Waals surface area contributed by atoms with E-state index in [0.29, 0.717) is 26.9 Å². The van der Waals surface area contributed by atoms with Crippen molar-refractivity contribution in [2.24, 2.45) is 0 Å². The normalized spacial score (nSPS) is 11.3. The third-order valence-electron chi connectivity index (χ3n) is 4.84. The zero-order chi connectivity index (χ0) is 20.0. The van der Waals surface area contributed by atoms with Gasteiger partial charge in [0.05, 0.1) is 5.69 Å². The number of halogens is 3. The first kappa shape index (κ1) is 18.0. The van der Waals surface area contributed by atoms with E-state index in [0.717, 1.165) is 27.3 Å². The van der Waals surface area contributed by atoms with Crippen molar-refractivity contribution in [1.82, 2.24) is 15.0 Å². The lowest BCUT2D eigenvalue weighted by Crippen LogP contribution is -1.94. The highest BCUT2D eigenvalue weighted by molar-refractivity contribution is 6.36. The second-order valence-corrected chi connectivity index (χ2v) is 7.41. The number of fused-ring (bicyclic) bond motifs is 2. The molecule has 3 nitrogen and oxygen atoms in total. The van der Waals surface area contributed by atoms with E-state index in [1.165, 1.54) is 12.1 Å². The number of aromatic nitrogens is 3. The van der Waals surface area contributed by atoms with Crippen molar-refractivity contribution >= 4 is 45.0 Å². The zero-order valence-corrected chi connectivity index (χ0v) is 16.4. The molecule has 0 unspecified atom stereocenters. The van der Waals surface area contributed by atoms with Crippen molar-refractivity contribution in [3.63, 3.8) is 0 Å². The van der Waals surface area contributed by atoms with Crippen LogP contribution < -0.4 is 0 Å². The van der Waals surface area contributed by atoms with Gasteiger partial charge in [0.2, 0.25) is 0 Å². The molecule has 0 saturated carbocycles. The van der Waals surface area contributed by atoms with Gasteiger partial charge in [0.15, 0.2) is 5.65 Å². The van der Waals surface area contributed by atoms with E-state index in [1.807, 2.05) is 36.4 Å². The van der Waals surface area contributed by atoms with Gasteiger partial charge in [-0.25, -0.2) is 14.4 Å². The summed E-state index contributed by atoms with van der Waals surface area (Å²) < 4.78 is 14.6. The van der Waals surface area contributed by atoms with Crippen LogP contribution in [0, 0.1) is 5.82 Å². The molecule has 6 heteroatoms. The summed E-state index contributed by atoms with van der Waals surface area (Å²) in [4.78, 5) is 13.2. The Morgan fingerprint density at radius 2 is 1.66 bits per heavy atom. The Balaban J connectivity index is 1.88. The van der Waals surface area contributed by atoms with Gasteiger partial charge in [0.25, 0.3) is 0 Å². The standard InChI is InChI=1S/C23H12Cl2FN3/c24-13-3-6-21(26)18(10-13)22-11-17(16-2-1-8-28-23(16)29-22)14-4-5-20(25)19-12-27-9-7-15(14)19/h1-12H. The topological polar surface area (TPSA) is 38.7 Å². The average Bonchev–Trinajstić information content (AvgIpc) is 2.75. The molecule has 3 aromatic heterocycles. The molecule has 5 rings (SSSR count). The number of hydrogen-bond donors (Lipinski definition) is 0. The van der Waals surface area contributed by atoms with Crippen molar-refractivity contribution in [2.75, 3.05) is 0 Å². The van der Waals surface area contributed by atoms with Gasteiger partial charge in [-0.2, -0.15) is 0 Å². The van der Waals surface area contributed by atoms with Crippen molar-refractivity contribution in [1.29, 1.82) is 0 Å². The number of rotatable bonds is 2. The molecule has 0 radical (unpaired) electrons. The molecule has 2 aromatic carbocycles. The molecular formula is C23H12Cl2FN3. The number of pyridine rings is 3. The largest absolute Gasteiger partial charge is 0.264 e. The van der Waals surface area contributed by atoms with Gasteiger partial charge >= 0.3 is 0 Å². The molecule has 0 spiro atoms. The fourth-order valence-electron chi connectivity index (χ4n) is 3.50. The number of nitrogens with zero attached hydrogens (tertiary/aromatic N) is 3. The summed E-state index contributed by atoms with van der Waals surface area (Å²) in [5.41, 5.74) is 3.13. The molecule has 0 bridgehead atoms. The van der Waals surface area contributed by atoms with Gasteiger partial charge in [-0.3, -0.25) is 4.98 Å².